The van der Waals surface area contributed by atoms with Gasteiger partial charge in [0.1, 0.15) is 5.82 Å². The van der Waals surface area contributed by atoms with Gasteiger partial charge in [0.15, 0.2) is 0 Å². The summed E-state index contributed by atoms with van der Waals surface area (Å²) in [5.41, 5.74) is 0.901. The molecule has 2 unspecified atom stereocenters. The van der Waals surface area contributed by atoms with E-state index < -0.39 is 0 Å². The number of benzene rings is 1. The Morgan fingerprint density at radius 2 is 2.35 bits per heavy atom. The van der Waals surface area contributed by atoms with Gasteiger partial charge < -0.3 is 10.6 Å². The van der Waals surface area contributed by atoms with Gasteiger partial charge in [-0.05, 0) is 43.5 Å². The molecule has 2 N–H and O–H groups in total. The summed E-state index contributed by atoms with van der Waals surface area (Å²) in [5.74, 6) is 0.670. The van der Waals surface area contributed by atoms with Gasteiger partial charge in [0.25, 0.3) is 0 Å². The fourth-order valence-corrected chi connectivity index (χ4v) is 3.28. The van der Waals surface area contributed by atoms with Crippen LogP contribution in [0.15, 0.2) is 23.1 Å². The molecule has 2 atom stereocenters. The van der Waals surface area contributed by atoms with Gasteiger partial charge in [0.05, 0.1) is 12.6 Å². The molecule has 1 amide bonds. The number of thioether (sulfide) groups is 1. The minimum absolute atomic E-state index is 0.0302. The van der Waals surface area contributed by atoms with E-state index in [9.17, 15) is 9.18 Å². The van der Waals surface area contributed by atoms with Crippen LogP contribution in [0.4, 0.5) is 4.39 Å². The highest BCUT2D eigenvalue weighted by Crippen LogP contribution is 2.36. The molecule has 0 bridgehead atoms. The molecule has 1 aromatic carbocycles. The fourth-order valence-electron chi connectivity index (χ4n) is 2.17. The predicted octanol–water partition coefficient (Wildman–Crippen LogP) is 2.87. The summed E-state index contributed by atoms with van der Waals surface area (Å²) in [6.07, 6.45) is 1.83. The van der Waals surface area contributed by atoms with E-state index in [1.54, 1.807) is 17.8 Å². The molecule has 0 aromatic heterocycles. The van der Waals surface area contributed by atoms with Crippen molar-refractivity contribution in [2.45, 2.75) is 43.7 Å². The first-order chi connectivity index (χ1) is 9.60. The third kappa shape index (κ3) is 3.96. The minimum atomic E-state index is -0.247. The average Bonchev–Trinajstić information content (AvgIpc) is 2.45. The van der Waals surface area contributed by atoms with Crippen LogP contribution < -0.4 is 10.6 Å². The normalized spacial score (nSPS) is 19.2. The third-order valence-corrected chi connectivity index (χ3v) is 4.69. The van der Waals surface area contributed by atoms with E-state index >= 15 is 0 Å². The van der Waals surface area contributed by atoms with E-state index in [0.29, 0.717) is 12.6 Å². The maximum Gasteiger partial charge on any atom is 0.234 e. The van der Waals surface area contributed by atoms with Gasteiger partial charge in [-0.3, -0.25) is 4.79 Å². The SMILES string of the molecule is CCC(C)NCC(=O)NC1CCSc2ccc(F)cc21. The van der Waals surface area contributed by atoms with Gasteiger partial charge in [-0.2, -0.15) is 0 Å². The average molecular weight is 296 g/mol. The van der Waals surface area contributed by atoms with E-state index in [-0.39, 0.29) is 17.8 Å². The smallest absolute Gasteiger partial charge is 0.234 e. The van der Waals surface area contributed by atoms with Crippen molar-refractivity contribution in [3.63, 3.8) is 0 Å². The number of halogens is 1. The number of rotatable bonds is 5. The van der Waals surface area contributed by atoms with Crippen LogP contribution in [0.2, 0.25) is 0 Å². The lowest BCUT2D eigenvalue weighted by molar-refractivity contribution is -0.121. The van der Waals surface area contributed by atoms with E-state index in [1.165, 1.54) is 12.1 Å². The number of hydrogen-bond donors (Lipinski definition) is 2. The molecule has 5 heteroatoms. The van der Waals surface area contributed by atoms with Crippen LogP contribution >= 0.6 is 11.8 Å². The van der Waals surface area contributed by atoms with Crippen LogP contribution in [-0.4, -0.2) is 24.2 Å². The summed E-state index contributed by atoms with van der Waals surface area (Å²) in [5, 5.41) is 6.17. The number of carbonyl (C=O) groups excluding carboxylic acids is 1. The van der Waals surface area contributed by atoms with Gasteiger partial charge in [0.2, 0.25) is 5.91 Å². The Hall–Kier alpha value is -1.07. The summed E-state index contributed by atoms with van der Waals surface area (Å²) in [7, 11) is 0. The number of fused-ring (bicyclic) bond motifs is 1. The molecule has 0 fully saturated rings. The molecular formula is C15H21FN2OS. The standard InChI is InChI=1S/C15H21FN2OS/c1-3-10(2)17-9-15(19)18-13-6-7-20-14-5-4-11(16)8-12(13)14/h4-5,8,10,13,17H,3,6-7,9H2,1-2H3,(H,18,19). The molecule has 3 nitrogen and oxygen atoms in total. The number of amides is 1. The molecule has 0 spiro atoms. The van der Waals surface area contributed by atoms with Crippen LogP contribution in [0.25, 0.3) is 0 Å². The maximum absolute atomic E-state index is 13.4. The lowest BCUT2D eigenvalue weighted by Crippen LogP contribution is -2.40. The van der Waals surface area contributed by atoms with Crippen molar-refractivity contribution in [2.75, 3.05) is 12.3 Å². The molecule has 1 aliphatic heterocycles. The Labute approximate surface area is 123 Å². The van der Waals surface area contributed by atoms with Crippen molar-refractivity contribution >= 4 is 17.7 Å². The lowest BCUT2D eigenvalue weighted by Gasteiger charge is -2.26. The predicted molar refractivity (Wildman–Crippen MR) is 80.4 cm³/mol. The first-order valence-corrected chi connectivity index (χ1v) is 8.03. The minimum Gasteiger partial charge on any atom is -0.348 e. The molecule has 0 radical (unpaired) electrons. The first kappa shape index (κ1) is 15.3. The summed E-state index contributed by atoms with van der Waals surface area (Å²) >= 11 is 1.72. The zero-order valence-electron chi connectivity index (χ0n) is 11.9. The molecule has 0 saturated heterocycles. The van der Waals surface area contributed by atoms with Crippen molar-refractivity contribution < 1.29 is 9.18 Å². The summed E-state index contributed by atoms with van der Waals surface area (Å²) in [4.78, 5) is 13.0. The van der Waals surface area contributed by atoms with E-state index in [0.717, 1.165) is 29.1 Å². The molecular weight excluding hydrogens is 275 g/mol. The largest absolute Gasteiger partial charge is 0.348 e. The summed E-state index contributed by atoms with van der Waals surface area (Å²) in [6, 6.07) is 5.06. The molecule has 110 valence electrons. The second-order valence-electron chi connectivity index (χ2n) is 5.13. The Kier molecular flexibility index (Phi) is 5.43. The quantitative estimate of drug-likeness (QED) is 0.878. The molecule has 1 aromatic rings. The highest BCUT2D eigenvalue weighted by molar-refractivity contribution is 7.99. The molecule has 0 saturated carbocycles. The Morgan fingerprint density at radius 3 is 3.10 bits per heavy atom. The van der Waals surface area contributed by atoms with Gasteiger partial charge in [-0.25, -0.2) is 4.39 Å². The second kappa shape index (κ2) is 7.09. The van der Waals surface area contributed by atoms with Gasteiger partial charge in [-0.1, -0.05) is 6.92 Å². The maximum atomic E-state index is 13.4. The second-order valence-corrected chi connectivity index (χ2v) is 6.27. The van der Waals surface area contributed by atoms with Crippen molar-refractivity contribution in [1.29, 1.82) is 0 Å². The van der Waals surface area contributed by atoms with Crippen LogP contribution in [-0.2, 0) is 4.79 Å². The molecule has 0 aliphatic carbocycles. The van der Waals surface area contributed by atoms with E-state index in [1.807, 2.05) is 0 Å². The van der Waals surface area contributed by atoms with Crippen LogP contribution in [0.3, 0.4) is 0 Å². The van der Waals surface area contributed by atoms with Crippen molar-refractivity contribution in [1.82, 2.24) is 10.6 Å². The van der Waals surface area contributed by atoms with Gasteiger partial charge in [0, 0.05) is 16.7 Å². The monoisotopic (exact) mass is 296 g/mol. The zero-order valence-corrected chi connectivity index (χ0v) is 12.7. The number of hydrogen-bond acceptors (Lipinski definition) is 3. The number of carbonyl (C=O) groups is 1. The Morgan fingerprint density at radius 1 is 1.55 bits per heavy atom. The fraction of sp³-hybridized carbons (Fsp3) is 0.533. The lowest BCUT2D eigenvalue weighted by atomic mass is 10.0. The number of nitrogens with one attached hydrogen (secondary N) is 2. The third-order valence-electron chi connectivity index (χ3n) is 3.57. The highest BCUT2D eigenvalue weighted by atomic mass is 32.2. The van der Waals surface area contributed by atoms with Crippen molar-refractivity contribution in [3.05, 3.63) is 29.6 Å². The molecule has 20 heavy (non-hydrogen) atoms. The van der Waals surface area contributed by atoms with Crippen LogP contribution in [0.5, 0.6) is 0 Å². The van der Waals surface area contributed by atoms with Gasteiger partial charge in [-0.15, -0.1) is 11.8 Å². The molecule has 2 rings (SSSR count). The first-order valence-electron chi connectivity index (χ1n) is 7.05. The topological polar surface area (TPSA) is 41.1 Å². The Balaban J connectivity index is 1.97. The molecule has 1 aliphatic rings. The van der Waals surface area contributed by atoms with Gasteiger partial charge >= 0.3 is 0 Å². The van der Waals surface area contributed by atoms with E-state index in [4.69, 9.17) is 0 Å². The van der Waals surface area contributed by atoms with Crippen LogP contribution in [0.1, 0.15) is 38.3 Å². The van der Waals surface area contributed by atoms with Crippen molar-refractivity contribution in [2.24, 2.45) is 0 Å². The Bertz CT molecular complexity index is 481. The zero-order chi connectivity index (χ0) is 14.5. The molecule has 1 heterocycles. The van der Waals surface area contributed by atoms with E-state index in [2.05, 4.69) is 24.5 Å². The van der Waals surface area contributed by atoms with Crippen molar-refractivity contribution in [3.8, 4) is 0 Å². The summed E-state index contributed by atoms with van der Waals surface area (Å²) in [6.45, 7) is 4.44. The highest BCUT2D eigenvalue weighted by Gasteiger charge is 2.22. The van der Waals surface area contributed by atoms with Crippen LogP contribution in [0, 0.1) is 5.82 Å². The summed E-state index contributed by atoms with van der Waals surface area (Å²) < 4.78 is 13.4.